The van der Waals surface area contributed by atoms with Crippen LogP contribution in [0.5, 0.6) is 5.75 Å². The molecule has 0 radical (unpaired) electrons. The number of nitrogens with one attached hydrogen (secondary N) is 5. The molecule has 62 heavy (non-hydrogen) atoms. The number of nitrogens with zero attached hydrogens (tertiary/aromatic N) is 3. The second-order valence-electron chi connectivity index (χ2n) is 15.4. The molecule has 5 amide bonds. The van der Waals surface area contributed by atoms with Crippen molar-refractivity contribution < 1.29 is 39.0 Å². The minimum absolute atomic E-state index is 0.0106. The highest BCUT2D eigenvalue weighted by molar-refractivity contribution is 5.96. The van der Waals surface area contributed by atoms with Crippen LogP contribution < -0.4 is 66.7 Å². The topological polar surface area (TPSA) is 422 Å². The van der Waals surface area contributed by atoms with Crippen LogP contribution in [0.4, 0.5) is 0 Å². The number of aliphatic carboxylic acids is 1. The molecule has 21 N–H and O–H groups in total. The van der Waals surface area contributed by atoms with Gasteiger partial charge in [-0.15, -0.1) is 0 Å². The third-order valence-corrected chi connectivity index (χ3v) is 9.63. The zero-order valence-electron chi connectivity index (χ0n) is 36.1. The van der Waals surface area contributed by atoms with Crippen molar-refractivity contribution >= 4 is 53.4 Å². The van der Waals surface area contributed by atoms with Gasteiger partial charge in [0.05, 0.1) is 6.04 Å². The minimum Gasteiger partial charge on any atom is -0.508 e. The van der Waals surface area contributed by atoms with Crippen LogP contribution in [0.3, 0.4) is 0 Å². The van der Waals surface area contributed by atoms with Crippen LogP contribution in [-0.2, 0) is 35.2 Å². The van der Waals surface area contributed by atoms with Gasteiger partial charge in [0.2, 0.25) is 29.5 Å². The second kappa shape index (κ2) is 28.2. The summed E-state index contributed by atoms with van der Waals surface area (Å²) in [6, 6.07) is -1.47. The first-order valence-electron chi connectivity index (χ1n) is 20.6. The fourth-order valence-corrected chi connectivity index (χ4v) is 5.96. The van der Waals surface area contributed by atoms with Gasteiger partial charge in [0.25, 0.3) is 0 Å². The van der Waals surface area contributed by atoms with Crippen molar-refractivity contribution in [3.05, 3.63) is 29.8 Å². The largest absolute Gasteiger partial charge is 0.508 e. The van der Waals surface area contributed by atoms with Gasteiger partial charge in [-0.1, -0.05) is 46.2 Å². The van der Waals surface area contributed by atoms with Crippen molar-refractivity contribution in [2.45, 2.75) is 122 Å². The molecule has 0 bridgehead atoms. The summed E-state index contributed by atoms with van der Waals surface area (Å²) in [4.78, 5) is 92.8. The van der Waals surface area contributed by atoms with E-state index in [1.54, 1.807) is 32.9 Å². The number of phenolic OH excluding ortho intramolecular Hbond substituents is 1. The van der Waals surface area contributed by atoms with Crippen LogP contribution in [0, 0.1) is 11.8 Å². The van der Waals surface area contributed by atoms with Gasteiger partial charge in [-0.2, -0.15) is 0 Å². The third kappa shape index (κ3) is 21.7. The van der Waals surface area contributed by atoms with Gasteiger partial charge in [-0.05, 0) is 74.5 Å². The highest BCUT2D eigenvalue weighted by Crippen LogP contribution is 2.14. The van der Waals surface area contributed by atoms with Gasteiger partial charge in [0, 0.05) is 26.1 Å². The fourth-order valence-electron chi connectivity index (χ4n) is 5.96. The molecule has 1 aromatic rings. The number of carbonyl (C=O) groups is 6. The molecule has 0 unspecified atom stereocenters. The quantitative estimate of drug-likeness (QED) is 0.0217. The first kappa shape index (κ1) is 53.6. The van der Waals surface area contributed by atoms with E-state index < -0.39 is 71.8 Å². The van der Waals surface area contributed by atoms with E-state index in [0.29, 0.717) is 12.0 Å². The van der Waals surface area contributed by atoms with E-state index in [2.05, 4.69) is 41.6 Å². The zero-order chi connectivity index (χ0) is 46.9. The summed E-state index contributed by atoms with van der Waals surface area (Å²) in [6.45, 7) is 7.61. The molecule has 348 valence electrons. The molecule has 0 spiro atoms. The molecular weight excluding hydrogens is 807 g/mol. The second-order valence-corrected chi connectivity index (χ2v) is 15.4. The summed E-state index contributed by atoms with van der Waals surface area (Å²) in [5.74, 6) is -5.94. The predicted molar refractivity (Wildman–Crippen MR) is 236 cm³/mol. The van der Waals surface area contributed by atoms with E-state index in [9.17, 15) is 39.0 Å². The zero-order valence-corrected chi connectivity index (χ0v) is 36.1. The van der Waals surface area contributed by atoms with E-state index in [1.165, 1.54) is 12.1 Å². The standard InChI is InChI=1S/C39H69N15O8/c1-5-22(4)30(40)35(60)51-26(10-7-17-48-38(43)44)32(57)54-29(20-23-12-14-24(55)15-13-23)34(59)50-25(9-6-16-47-37(41)42)31(56)53-28(19-21(2)3)33(58)52-27(36(61)62)11-8-18-49-39(45)46/h12-15,21-22,25-30,55H,5-11,16-20,40H2,1-4H3,(H,50,59)(H,51,60)(H,52,58)(H,53,56)(H,54,57)(H,61,62)(H4,41,42,47)(H4,43,44,48)(H4,45,46,49)/t22-,25-,26-,27-,28-,29-,30-/m0/s1. The number of aliphatic imine (C=N–C) groups is 3. The van der Waals surface area contributed by atoms with Crippen molar-refractivity contribution in [2.75, 3.05) is 19.6 Å². The molecular formula is C39H69N15O8. The lowest BCUT2D eigenvalue weighted by Gasteiger charge is -2.28. The number of carbonyl (C=O) groups excluding carboxylic acids is 5. The van der Waals surface area contributed by atoms with Gasteiger partial charge < -0.3 is 76.9 Å². The van der Waals surface area contributed by atoms with E-state index in [0.717, 1.165) is 0 Å². The number of hydrogen-bond acceptors (Lipinski definition) is 11. The average Bonchev–Trinajstić information content (AvgIpc) is 3.19. The molecule has 0 aromatic heterocycles. The first-order chi connectivity index (χ1) is 29.1. The summed E-state index contributed by atoms with van der Waals surface area (Å²) in [6.07, 6.45) is 1.26. The molecule has 0 aliphatic heterocycles. The van der Waals surface area contributed by atoms with Crippen molar-refractivity contribution in [1.29, 1.82) is 0 Å². The lowest BCUT2D eigenvalue weighted by molar-refractivity contribution is -0.142. The molecule has 1 aromatic carbocycles. The normalized spacial score (nSPS) is 14.3. The number of aromatic hydroxyl groups is 1. The van der Waals surface area contributed by atoms with Gasteiger partial charge in [0.1, 0.15) is 36.0 Å². The molecule has 1 rings (SSSR count). The monoisotopic (exact) mass is 876 g/mol. The summed E-state index contributed by atoms with van der Waals surface area (Å²) < 4.78 is 0. The van der Waals surface area contributed by atoms with Crippen LogP contribution in [0.2, 0.25) is 0 Å². The molecule has 0 saturated heterocycles. The molecule has 0 heterocycles. The average molecular weight is 876 g/mol. The predicted octanol–water partition coefficient (Wildman–Crippen LogP) is -2.98. The number of hydrogen-bond donors (Lipinski definition) is 14. The van der Waals surface area contributed by atoms with E-state index in [-0.39, 0.29) is 106 Å². The van der Waals surface area contributed by atoms with Gasteiger partial charge in [-0.25, -0.2) is 4.79 Å². The number of guanidine groups is 3. The Labute approximate surface area is 362 Å². The van der Waals surface area contributed by atoms with E-state index >= 15 is 0 Å². The summed E-state index contributed by atoms with van der Waals surface area (Å²) in [7, 11) is 0. The number of carboxylic acids is 1. The number of benzene rings is 1. The van der Waals surface area contributed by atoms with Crippen molar-refractivity contribution in [2.24, 2.45) is 66.9 Å². The Kier molecular flexibility index (Phi) is 24.4. The lowest BCUT2D eigenvalue weighted by atomic mass is 9.98. The van der Waals surface area contributed by atoms with Crippen molar-refractivity contribution in [3.63, 3.8) is 0 Å². The number of nitrogens with two attached hydrogens (primary N) is 7. The summed E-state index contributed by atoms with van der Waals surface area (Å²) in [5, 5.41) is 32.9. The smallest absolute Gasteiger partial charge is 0.326 e. The fraction of sp³-hybridized carbons (Fsp3) is 0.615. The molecule has 0 aliphatic rings. The highest BCUT2D eigenvalue weighted by atomic mass is 16.4. The highest BCUT2D eigenvalue weighted by Gasteiger charge is 2.33. The Balaban J connectivity index is 3.54. The number of amides is 5. The molecule has 0 saturated carbocycles. The van der Waals surface area contributed by atoms with Gasteiger partial charge in [0.15, 0.2) is 17.9 Å². The number of rotatable bonds is 29. The molecule has 7 atom stereocenters. The molecule has 23 heteroatoms. The van der Waals surface area contributed by atoms with Gasteiger partial charge in [-0.3, -0.25) is 38.9 Å². The van der Waals surface area contributed by atoms with Crippen LogP contribution in [0.15, 0.2) is 39.2 Å². The Hall–Kier alpha value is -6.39. The maximum absolute atomic E-state index is 14.3. The van der Waals surface area contributed by atoms with Gasteiger partial charge >= 0.3 is 5.97 Å². The number of carboxylic acid groups (broad SMARTS) is 1. The Morgan fingerprint density at radius 3 is 1.37 bits per heavy atom. The number of phenols is 1. The summed E-state index contributed by atoms with van der Waals surface area (Å²) >= 11 is 0. The van der Waals surface area contributed by atoms with Crippen LogP contribution in [-0.4, -0.2) is 119 Å². The van der Waals surface area contributed by atoms with Crippen molar-refractivity contribution in [3.8, 4) is 5.75 Å². The Morgan fingerprint density at radius 2 is 0.952 bits per heavy atom. The van der Waals surface area contributed by atoms with E-state index in [1.807, 2.05) is 6.92 Å². The first-order valence-corrected chi connectivity index (χ1v) is 20.6. The SMILES string of the molecule is CC[C@H](C)[C@H](N)C(=O)N[C@@H](CCCN=C(N)N)C(=O)N[C@@H](Cc1ccc(O)cc1)C(=O)N[C@@H](CCCN=C(N)N)C(=O)N[C@@H](CC(C)C)C(=O)N[C@@H](CCCN=C(N)N)C(=O)O. The third-order valence-electron chi connectivity index (χ3n) is 9.63. The van der Waals surface area contributed by atoms with E-state index in [4.69, 9.17) is 40.1 Å². The Morgan fingerprint density at radius 1 is 0.581 bits per heavy atom. The minimum atomic E-state index is -1.36. The lowest BCUT2D eigenvalue weighted by Crippen LogP contribution is -2.60. The molecule has 0 fully saturated rings. The van der Waals surface area contributed by atoms with Crippen molar-refractivity contribution in [1.82, 2.24) is 26.6 Å². The Bertz CT molecular complexity index is 1690. The maximum atomic E-state index is 14.3. The summed E-state index contributed by atoms with van der Waals surface area (Å²) in [5.41, 5.74) is 39.3. The maximum Gasteiger partial charge on any atom is 0.326 e. The van der Waals surface area contributed by atoms with Crippen LogP contribution in [0.25, 0.3) is 0 Å². The van der Waals surface area contributed by atoms with Crippen LogP contribution >= 0.6 is 0 Å². The molecule has 23 nitrogen and oxygen atoms in total. The molecule has 0 aliphatic carbocycles. The van der Waals surface area contributed by atoms with Crippen LogP contribution in [0.1, 0.15) is 84.6 Å².